The molecule has 0 aliphatic carbocycles. The van der Waals surface area contributed by atoms with Gasteiger partial charge < -0.3 is 15.3 Å². The average molecular weight is 383 g/mol. The Morgan fingerprint density at radius 2 is 1.61 bits per heavy atom. The molecule has 0 saturated heterocycles. The molecule has 2 aromatic rings. The second-order valence-electron chi connectivity index (χ2n) is 9.12. The number of hydrogen-bond acceptors (Lipinski definition) is 4. The number of nitrogens with zero attached hydrogens (tertiary/aromatic N) is 1. The normalized spacial score (nSPS) is 18.7. The first kappa shape index (κ1) is 20.8. The largest absolute Gasteiger partial charge is 0.491 e. The van der Waals surface area contributed by atoms with Gasteiger partial charge in [0.1, 0.15) is 12.4 Å². The molecule has 0 amide bonds. The molecule has 1 aliphatic rings. The van der Waals surface area contributed by atoms with Crippen LogP contribution in [0, 0.1) is 13.8 Å². The number of rotatable bonds is 6. The first-order chi connectivity index (χ1) is 13.0. The second-order valence-corrected chi connectivity index (χ2v) is 9.12. The van der Waals surface area contributed by atoms with E-state index in [-0.39, 0.29) is 11.6 Å². The summed E-state index contributed by atoms with van der Waals surface area (Å²) in [6, 6.07) is 13.0. The number of hydrogen-bond donors (Lipinski definition) is 2. The smallest absolute Gasteiger partial charge is 0.125 e. The van der Waals surface area contributed by atoms with Gasteiger partial charge in [-0.25, -0.2) is 0 Å². The van der Waals surface area contributed by atoms with Crippen LogP contribution < -0.4 is 10.1 Å². The number of nitrogens with one attached hydrogen (secondary N) is 1. The molecule has 28 heavy (non-hydrogen) atoms. The Balaban J connectivity index is 1.64. The first-order valence-electron chi connectivity index (χ1n) is 10.1. The van der Waals surface area contributed by atoms with Gasteiger partial charge >= 0.3 is 0 Å². The lowest BCUT2D eigenvalue weighted by atomic mass is 9.89. The summed E-state index contributed by atoms with van der Waals surface area (Å²) in [6.45, 7) is 16.0. The molecule has 1 aliphatic heterocycles. The van der Waals surface area contributed by atoms with E-state index in [9.17, 15) is 5.21 Å². The molecule has 4 heteroatoms. The van der Waals surface area contributed by atoms with Crippen LogP contribution in [-0.2, 0) is 17.6 Å². The summed E-state index contributed by atoms with van der Waals surface area (Å²) in [5.41, 5.74) is 5.17. The summed E-state index contributed by atoms with van der Waals surface area (Å²) < 4.78 is 6.06. The maximum absolute atomic E-state index is 10.6. The van der Waals surface area contributed by atoms with E-state index in [4.69, 9.17) is 4.74 Å². The molecule has 152 valence electrons. The van der Waals surface area contributed by atoms with Gasteiger partial charge in [0, 0.05) is 12.6 Å². The molecule has 0 saturated carbocycles. The second kappa shape index (κ2) is 7.51. The van der Waals surface area contributed by atoms with Crippen molar-refractivity contribution >= 4 is 0 Å². The van der Waals surface area contributed by atoms with E-state index in [1.165, 1.54) is 32.9 Å². The van der Waals surface area contributed by atoms with Gasteiger partial charge in [0.15, 0.2) is 0 Å². The molecule has 2 N–H and O–H groups in total. The molecule has 1 heterocycles. The molecule has 0 radical (unpaired) electrons. The predicted octanol–water partition coefficient (Wildman–Crippen LogP) is 5.04. The third-order valence-electron chi connectivity index (χ3n) is 6.00. The molecule has 1 atom stereocenters. The SMILES string of the molecule is Cc1cccc(C)c1OCC(C)NCc1ccc2c(c1)C(C)(C)N(O)C2(C)C. The Morgan fingerprint density at radius 1 is 1.00 bits per heavy atom. The van der Waals surface area contributed by atoms with Gasteiger partial charge in [-0.15, -0.1) is 0 Å². The third-order valence-corrected chi connectivity index (χ3v) is 6.00. The summed E-state index contributed by atoms with van der Waals surface area (Å²) >= 11 is 0. The van der Waals surface area contributed by atoms with Gasteiger partial charge in [-0.1, -0.05) is 36.4 Å². The Bertz CT molecular complexity index is 837. The molecule has 3 rings (SSSR count). The fourth-order valence-corrected chi connectivity index (χ4v) is 4.25. The van der Waals surface area contributed by atoms with Gasteiger partial charge in [0.25, 0.3) is 0 Å². The van der Waals surface area contributed by atoms with Crippen molar-refractivity contribution in [1.82, 2.24) is 10.4 Å². The summed E-state index contributed by atoms with van der Waals surface area (Å²) in [5.74, 6) is 0.987. The fraction of sp³-hybridized carbons (Fsp3) is 0.500. The van der Waals surface area contributed by atoms with Crippen LogP contribution in [0.2, 0.25) is 0 Å². The number of para-hydroxylation sites is 1. The number of ether oxygens (including phenoxy) is 1. The van der Waals surface area contributed by atoms with Gasteiger partial charge in [-0.05, 0) is 76.3 Å². The molecule has 0 aromatic heterocycles. The first-order valence-corrected chi connectivity index (χ1v) is 10.1. The Hall–Kier alpha value is -1.88. The van der Waals surface area contributed by atoms with Crippen LogP contribution in [0.4, 0.5) is 0 Å². The van der Waals surface area contributed by atoms with E-state index in [1.54, 1.807) is 0 Å². The minimum Gasteiger partial charge on any atom is -0.491 e. The highest BCUT2D eigenvalue weighted by molar-refractivity contribution is 5.45. The van der Waals surface area contributed by atoms with E-state index < -0.39 is 5.54 Å². The lowest BCUT2D eigenvalue weighted by Gasteiger charge is -2.34. The van der Waals surface area contributed by atoms with Crippen molar-refractivity contribution < 1.29 is 9.94 Å². The molecule has 0 fully saturated rings. The van der Waals surface area contributed by atoms with Crippen LogP contribution in [0.25, 0.3) is 0 Å². The molecule has 2 aromatic carbocycles. The Morgan fingerprint density at radius 3 is 2.25 bits per heavy atom. The summed E-state index contributed by atoms with van der Waals surface area (Å²) in [5, 5.41) is 15.7. The van der Waals surface area contributed by atoms with E-state index in [1.807, 2.05) is 0 Å². The zero-order valence-electron chi connectivity index (χ0n) is 18.3. The zero-order chi connectivity index (χ0) is 20.7. The van der Waals surface area contributed by atoms with Crippen LogP contribution in [0.1, 0.15) is 62.4 Å². The summed E-state index contributed by atoms with van der Waals surface area (Å²) in [7, 11) is 0. The van der Waals surface area contributed by atoms with E-state index in [0.29, 0.717) is 6.61 Å². The number of aryl methyl sites for hydroxylation is 2. The third kappa shape index (κ3) is 3.69. The van der Waals surface area contributed by atoms with Crippen molar-refractivity contribution in [2.24, 2.45) is 0 Å². The summed E-state index contributed by atoms with van der Waals surface area (Å²) in [4.78, 5) is 0. The predicted molar refractivity (Wildman–Crippen MR) is 114 cm³/mol. The minimum atomic E-state index is -0.397. The van der Waals surface area contributed by atoms with Crippen molar-refractivity contribution in [3.63, 3.8) is 0 Å². The van der Waals surface area contributed by atoms with E-state index >= 15 is 0 Å². The van der Waals surface area contributed by atoms with E-state index in [0.717, 1.165) is 12.3 Å². The van der Waals surface area contributed by atoms with Crippen LogP contribution in [-0.4, -0.2) is 22.9 Å². The zero-order valence-corrected chi connectivity index (χ0v) is 18.3. The maximum Gasteiger partial charge on any atom is 0.125 e. The quantitative estimate of drug-likeness (QED) is 0.735. The minimum absolute atomic E-state index is 0.228. The lowest BCUT2D eigenvalue weighted by molar-refractivity contribution is -0.216. The van der Waals surface area contributed by atoms with Crippen molar-refractivity contribution in [3.05, 3.63) is 64.2 Å². The number of benzene rings is 2. The van der Waals surface area contributed by atoms with Gasteiger partial charge in [0.05, 0.1) is 11.1 Å². The number of fused-ring (bicyclic) bond motifs is 1. The summed E-state index contributed by atoms with van der Waals surface area (Å²) in [6.07, 6.45) is 0. The van der Waals surface area contributed by atoms with Gasteiger partial charge in [0.2, 0.25) is 0 Å². The molecular formula is C24H34N2O2. The topological polar surface area (TPSA) is 44.7 Å². The van der Waals surface area contributed by atoms with Crippen molar-refractivity contribution in [3.8, 4) is 5.75 Å². The Kier molecular flexibility index (Phi) is 5.59. The van der Waals surface area contributed by atoms with Crippen molar-refractivity contribution in [2.75, 3.05) is 6.61 Å². The molecule has 1 unspecified atom stereocenters. The molecule has 0 bridgehead atoms. The highest BCUT2D eigenvalue weighted by Crippen LogP contribution is 2.48. The highest BCUT2D eigenvalue weighted by Gasteiger charge is 2.48. The van der Waals surface area contributed by atoms with Gasteiger partial charge in [-0.3, -0.25) is 0 Å². The fourth-order valence-electron chi connectivity index (χ4n) is 4.25. The maximum atomic E-state index is 10.6. The van der Waals surface area contributed by atoms with Crippen molar-refractivity contribution in [2.45, 2.75) is 72.1 Å². The standard InChI is InChI=1S/C24H34N2O2/c1-16-9-8-10-17(2)22(16)28-15-18(3)25-14-19-11-12-20-21(13-19)24(6,7)26(27)23(20,4)5/h8-13,18,25,27H,14-15H2,1-7H3. The molecular weight excluding hydrogens is 348 g/mol. The van der Waals surface area contributed by atoms with Crippen LogP contribution >= 0.6 is 0 Å². The van der Waals surface area contributed by atoms with E-state index in [2.05, 4.69) is 90.2 Å². The monoisotopic (exact) mass is 382 g/mol. The highest BCUT2D eigenvalue weighted by atomic mass is 16.5. The van der Waals surface area contributed by atoms with Crippen LogP contribution in [0.5, 0.6) is 5.75 Å². The van der Waals surface area contributed by atoms with Crippen LogP contribution in [0.3, 0.4) is 0 Å². The lowest BCUT2D eigenvalue weighted by Crippen LogP contribution is -2.42. The Labute approximate surface area is 169 Å². The van der Waals surface area contributed by atoms with Crippen LogP contribution in [0.15, 0.2) is 36.4 Å². The average Bonchev–Trinajstić information content (AvgIpc) is 2.77. The number of hydroxylamine groups is 2. The molecule has 0 spiro atoms. The molecule has 4 nitrogen and oxygen atoms in total. The van der Waals surface area contributed by atoms with Crippen molar-refractivity contribution in [1.29, 1.82) is 0 Å². The van der Waals surface area contributed by atoms with Gasteiger partial charge in [-0.2, -0.15) is 5.06 Å².